The molecule has 0 saturated carbocycles. The van der Waals surface area contributed by atoms with E-state index in [0.29, 0.717) is 52.9 Å². The van der Waals surface area contributed by atoms with E-state index in [1.807, 2.05) is 65.9 Å². The molecule has 1 aromatic carbocycles. The summed E-state index contributed by atoms with van der Waals surface area (Å²) in [6, 6.07) is 11.6. The number of rotatable bonds is 6. The Morgan fingerprint density at radius 3 is 2.58 bits per heavy atom. The monoisotopic (exact) mass is 592 g/mol. The summed E-state index contributed by atoms with van der Waals surface area (Å²) in [7, 11) is 4.09. The maximum atomic E-state index is 14.1. The molecule has 0 N–H and O–H groups in total. The van der Waals surface area contributed by atoms with Crippen LogP contribution in [0, 0.1) is 6.92 Å². The molecule has 1 fully saturated rings. The third-order valence-corrected chi connectivity index (χ3v) is 8.06. The van der Waals surface area contributed by atoms with E-state index in [-0.39, 0.29) is 17.9 Å². The van der Waals surface area contributed by atoms with E-state index in [1.165, 1.54) is 6.08 Å². The SMILES string of the molecule is BC(B)=Cc1ccccc1-c1nc2c(cc1Cl)c(N1CCN(C(=O)C=C)C[C@@H]1C)nc(=O)n2-c1c(C)ccnc1C(C)C. The van der Waals surface area contributed by atoms with Gasteiger partial charge in [-0.3, -0.25) is 9.78 Å². The topological polar surface area (TPSA) is 84.2 Å². The van der Waals surface area contributed by atoms with E-state index >= 15 is 0 Å². The van der Waals surface area contributed by atoms with Crippen LogP contribution in [0.3, 0.4) is 0 Å². The number of halogens is 1. The van der Waals surface area contributed by atoms with Crippen LogP contribution in [0.2, 0.25) is 5.02 Å². The number of hydrogen-bond acceptors (Lipinski definition) is 6. The van der Waals surface area contributed by atoms with Gasteiger partial charge >= 0.3 is 5.69 Å². The quantitative estimate of drug-likeness (QED) is 0.251. The molecule has 218 valence electrons. The van der Waals surface area contributed by atoms with Gasteiger partial charge in [-0.05, 0) is 49.1 Å². The van der Waals surface area contributed by atoms with Gasteiger partial charge in [-0.25, -0.2) is 14.3 Å². The Morgan fingerprint density at radius 2 is 1.91 bits per heavy atom. The molecular formula is C32H35B2ClN6O2. The lowest BCUT2D eigenvalue weighted by molar-refractivity contribution is -0.126. The Balaban J connectivity index is 1.83. The zero-order valence-electron chi connectivity index (χ0n) is 25.6. The lowest BCUT2D eigenvalue weighted by Gasteiger charge is -2.40. The summed E-state index contributed by atoms with van der Waals surface area (Å²) in [5, 5.41) is 2.25. The largest absolute Gasteiger partial charge is 0.355 e. The molecule has 0 unspecified atom stereocenters. The second-order valence-corrected chi connectivity index (χ2v) is 12.0. The van der Waals surface area contributed by atoms with E-state index in [4.69, 9.17) is 16.6 Å². The number of benzene rings is 1. The molecule has 43 heavy (non-hydrogen) atoms. The summed E-state index contributed by atoms with van der Waals surface area (Å²) < 4.78 is 1.59. The van der Waals surface area contributed by atoms with Crippen LogP contribution in [0.15, 0.2) is 65.4 Å². The van der Waals surface area contributed by atoms with Crippen LogP contribution in [0.25, 0.3) is 34.1 Å². The zero-order chi connectivity index (χ0) is 31.0. The molecule has 1 aliphatic rings. The maximum absolute atomic E-state index is 14.1. The molecule has 3 aromatic heterocycles. The van der Waals surface area contributed by atoms with E-state index < -0.39 is 5.69 Å². The highest BCUT2D eigenvalue weighted by Gasteiger charge is 2.30. The minimum Gasteiger partial charge on any atom is -0.350 e. The molecule has 0 bridgehead atoms. The van der Waals surface area contributed by atoms with Crippen molar-refractivity contribution in [3.8, 4) is 16.9 Å². The molecule has 4 heterocycles. The van der Waals surface area contributed by atoms with E-state index in [1.54, 1.807) is 15.7 Å². The van der Waals surface area contributed by atoms with Crippen molar-refractivity contribution in [1.82, 2.24) is 24.4 Å². The Bertz CT molecular complexity index is 1830. The predicted molar refractivity (Wildman–Crippen MR) is 181 cm³/mol. The average Bonchev–Trinajstić information content (AvgIpc) is 2.96. The lowest BCUT2D eigenvalue weighted by Crippen LogP contribution is -2.54. The minimum absolute atomic E-state index is 0.0530. The molecule has 1 atom stereocenters. The van der Waals surface area contributed by atoms with Gasteiger partial charge in [0, 0.05) is 37.4 Å². The number of nitrogens with zero attached hydrogens (tertiary/aromatic N) is 6. The third kappa shape index (κ3) is 5.76. The Kier molecular flexibility index (Phi) is 8.60. The first-order valence-electron chi connectivity index (χ1n) is 14.5. The van der Waals surface area contributed by atoms with Gasteiger partial charge in [0.25, 0.3) is 0 Å². The van der Waals surface area contributed by atoms with Gasteiger partial charge in [-0.2, -0.15) is 4.98 Å². The van der Waals surface area contributed by atoms with Crippen molar-refractivity contribution in [3.63, 3.8) is 0 Å². The molecule has 8 nitrogen and oxygen atoms in total. The van der Waals surface area contributed by atoms with Crippen LogP contribution in [0.4, 0.5) is 5.82 Å². The second-order valence-electron chi connectivity index (χ2n) is 11.6. The molecule has 0 aliphatic carbocycles. The number of aromatic nitrogens is 4. The first-order valence-corrected chi connectivity index (χ1v) is 14.9. The number of anilines is 1. The molecule has 1 saturated heterocycles. The highest BCUT2D eigenvalue weighted by molar-refractivity contribution is 6.50. The number of hydrogen-bond donors (Lipinski definition) is 0. The number of pyridine rings is 2. The predicted octanol–water partition coefficient (Wildman–Crippen LogP) is 3.72. The van der Waals surface area contributed by atoms with E-state index in [9.17, 15) is 9.59 Å². The standard InChI is InChI=1S/C32H35B2ClN6O2/c1-6-26(42)39-13-14-40(20(5)17-39)30-23-16-24(35)28(22-10-8-7-9-21(22)15-25(33)34)37-31(23)41(32(43)38-30)29-19(4)11-12-36-27(29)18(2)3/h6-12,15-16,18,20H,1,13-14,17,33-34H2,2-5H3/t20-/m0/s1. The first kappa shape index (κ1) is 30.3. The summed E-state index contributed by atoms with van der Waals surface area (Å²) in [5.74, 6) is 0.440. The Morgan fingerprint density at radius 1 is 1.16 bits per heavy atom. The molecule has 11 heteroatoms. The fourth-order valence-corrected chi connectivity index (χ4v) is 6.00. The van der Waals surface area contributed by atoms with Crippen molar-refractivity contribution in [3.05, 3.63) is 92.9 Å². The lowest BCUT2D eigenvalue weighted by atomic mass is 9.77. The number of aryl methyl sites for hydroxylation is 1. The van der Waals surface area contributed by atoms with Crippen LogP contribution >= 0.6 is 11.6 Å². The van der Waals surface area contributed by atoms with E-state index in [0.717, 1.165) is 27.8 Å². The molecule has 0 spiro atoms. The average molecular weight is 593 g/mol. The van der Waals surface area contributed by atoms with Gasteiger partial charge in [-0.15, -0.1) is 5.37 Å². The van der Waals surface area contributed by atoms with E-state index in [2.05, 4.69) is 41.4 Å². The van der Waals surface area contributed by atoms with Gasteiger partial charge in [0.2, 0.25) is 5.91 Å². The Hall–Kier alpha value is -4.17. The van der Waals surface area contributed by atoms with Crippen molar-refractivity contribution in [2.45, 2.75) is 39.7 Å². The smallest absolute Gasteiger partial charge is 0.350 e. The van der Waals surface area contributed by atoms with Gasteiger partial charge < -0.3 is 9.80 Å². The first-order chi connectivity index (χ1) is 20.5. The van der Waals surface area contributed by atoms with Crippen molar-refractivity contribution in [2.24, 2.45) is 0 Å². The number of fused-ring (bicyclic) bond motifs is 1. The van der Waals surface area contributed by atoms with Crippen LogP contribution in [0.5, 0.6) is 0 Å². The molecule has 4 aromatic rings. The number of carbonyl (C=O) groups excluding carboxylic acids is 1. The molecule has 5 rings (SSSR count). The molecular weight excluding hydrogens is 557 g/mol. The molecule has 1 amide bonds. The van der Waals surface area contributed by atoms with Crippen LogP contribution in [-0.4, -0.2) is 71.7 Å². The normalized spacial score (nSPS) is 15.2. The summed E-state index contributed by atoms with van der Waals surface area (Å²) in [6.07, 6.45) is 5.19. The molecule has 1 aliphatic heterocycles. The van der Waals surface area contributed by atoms with Crippen LogP contribution < -0.4 is 10.6 Å². The number of piperazine rings is 1. The Labute approximate surface area is 258 Å². The van der Waals surface area contributed by atoms with Gasteiger partial charge in [-0.1, -0.05) is 62.4 Å². The van der Waals surface area contributed by atoms with Crippen molar-refractivity contribution >= 4 is 56.1 Å². The van der Waals surface area contributed by atoms with Crippen molar-refractivity contribution < 1.29 is 4.79 Å². The van der Waals surface area contributed by atoms with Gasteiger partial charge in [0.1, 0.15) is 21.5 Å². The maximum Gasteiger partial charge on any atom is 0.355 e. The summed E-state index contributed by atoms with van der Waals surface area (Å²) in [4.78, 5) is 44.8. The highest BCUT2D eigenvalue weighted by Crippen LogP contribution is 2.36. The highest BCUT2D eigenvalue weighted by atomic mass is 35.5. The minimum atomic E-state index is -0.448. The van der Waals surface area contributed by atoms with Crippen molar-refractivity contribution in [2.75, 3.05) is 24.5 Å². The van der Waals surface area contributed by atoms with Crippen LogP contribution in [-0.2, 0) is 4.79 Å². The summed E-state index contributed by atoms with van der Waals surface area (Å²) >= 11 is 7.04. The van der Waals surface area contributed by atoms with Crippen molar-refractivity contribution in [1.29, 1.82) is 0 Å². The fourth-order valence-electron chi connectivity index (χ4n) is 5.75. The van der Waals surface area contributed by atoms with Gasteiger partial charge in [0.05, 0.1) is 27.5 Å². The second kappa shape index (κ2) is 12.2. The third-order valence-electron chi connectivity index (χ3n) is 7.77. The number of amides is 1. The number of carbonyl (C=O) groups is 1. The van der Waals surface area contributed by atoms with Crippen LogP contribution in [0.1, 0.15) is 43.5 Å². The molecule has 0 radical (unpaired) electrons. The summed E-state index contributed by atoms with van der Waals surface area (Å²) in [5.41, 5.74) is 4.79. The fraction of sp³-hybridized carbons (Fsp3) is 0.281. The summed E-state index contributed by atoms with van der Waals surface area (Å²) in [6.45, 7) is 13.2. The van der Waals surface area contributed by atoms with Gasteiger partial charge in [0.15, 0.2) is 5.65 Å². The zero-order valence-corrected chi connectivity index (χ0v) is 26.3.